The maximum absolute atomic E-state index is 11.9. The van der Waals surface area contributed by atoms with Crippen LogP contribution in [0.25, 0.3) is 0 Å². The summed E-state index contributed by atoms with van der Waals surface area (Å²) in [7, 11) is 0. The summed E-state index contributed by atoms with van der Waals surface area (Å²) in [6.45, 7) is 4.81. The molecule has 4 nitrogen and oxygen atoms in total. The Morgan fingerprint density at radius 3 is 1.14 bits per heavy atom. The number of rotatable bonds is 33. The lowest BCUT2D eigenvalue weighted by Crippen LogP contribution is -2.13. The molecule has 0 saturated carbocycles. The van der Waals surface area contributed by atoms with Gasteiger partial charge in [0.15, 0.2) is 0 Å². The second-order valence-electron chi connectivity index (χ2n) is 12.1. The molecule has 0 aliphatic heterocycles. The van der Waals surface area contributed by atoms with Crippen LogP contribution in [-0.2, 0) is 19.1 Å². The predicted molar refractivity (Wildman–Crippen MR) is 190 cm³/mol. The Bertz CT molecular complexity index is 734. The standard InChI is InChI=1S/C40H70O4/c1-3-5-7-9-11-13-15-17-19-20-22-24-26-28-30-32-34-36-40(42)44-38-37-43-39(41)35-33-31-29-27-25-23-21-18-16-14-12-10-8-6-4-2/h11,13,17,19,22,24,28,30H,3-10,12,14-16,18,20-21,23,25-27,29,31-38H2,1-2H3/b13-11+,19-17-,24-22+,30-28+. The van der Waals surface area contributed by atoms with Crippen molar-refractivity contribution in [3.8, 4) is 0 Å². The summed E-state index contributed by atoms with van der Waals surface area (Å²) in [5.41, 5.74) is 0. The third-order valence-electron chi connectivity index (χ3n) is 7.80. The molecule has 0 fully saturated rings. The molecule has 0 amide bonds. The van der Waals surface area contributed by atoms with Crippen LogP contribution >= 0.6 is 0 Å². The van der Waals surface area contributed by atoms with E-state index in [1.165, 1.54) is 109 Å². The van der Waals surface area contributed by atoms with Crippen molar-refractivity contribution in [1.82, 2.24) is 0 Å². The van der Waals surface area contributed by atoms with Crippen molar-refractivity contribution in [2.75, 3.05) is 13.2 Å². The van der Waals surface area contributed by atoms with Gasteiger partial charge in [-0.2, -0.15) is 0 Å². The zero-order chi connectivity index (χ0) is 32.0. The quantitative estimate of drug-likeness (QED) is 0.0419. The van der Waals surface area contributed by atoms with Gasteiger partial charge in [0.1, 0.15) is 13.2 Å². The summed E-state index contributed by atoms with van der Waals surface area (Å²) in [6, 6.07) is 0. The molecule has 0 heterocycles. The largest absolute Gasteiger partial charge is 0.462 e. The third-order valence-corrected chi connectivity index (χ3v) is 7.80. The summed E-state index contributed by atoms with van der Waals surface area (Å²) in [5.74, 6) is -0.407. The normalized spacial score (nSPS) is 12.0. The molecule has 0 aromatic carbocycles. The van der Waals surface area contributed by atoms with Crippen LogP contribution in [0.3, 0.4) is 0 Å². The van der Waals surface area contributed by atoms with Gasteiger partial charge in [-0.25, -0.2) is 0 Å². The smallest absolute Gasteiger partial charge is 0.305 e. The lowest BCUT2D eigenvalue weighted by molar-refractivity contribution is -0.152. The molecule has 0 aromatic heterocycles. The molecular weight excluding hydrogens is 544 g/mol. The average Bonchev–Trinajstić information content (AvgIpc) is 3.02. The van der Waals surface area contributed by atoms with Gasteiger partial charge in [-0.15, -0.1) is 0 Å². The van der Waals surface area contributed by atoms with Crippen molar-refractivity contribution in [2.45, 2.75) is 181 Å². The minimum Gasteiger partial charge on any atom is -0.462 e. The lowest BCUT2D eigenvalue weighted by Gasteiger charge is -2.06. The van der Waals surface area contributed by atoms with Crippen LogP contribution in [0, 0.1) is 0 Å². The van der Waals surface area contributed by atoms with Crippen LogP contribution in [0.1, 0.15) is 181 Å². The number of hydrogen-bond acceptors (Lipinski definition) is 4. The first-order chi connectivity index (χ1) is 21.7. The van der Waals surface area contributed by atoms with Crippen LogP contribution in [0.4, 0.5) is 0 Å². The molecule has 0 unspecified atom stereocenters. The van der Waals surface area contributed by atoms with Gasteiger partial charge in [0.25, 0.3) is 0 Å². The first-order valence-electron chi connectivity index (χ1n) is 18.6. The first-order valence-corrected chi connectivity index (χ1v) is 18.6. The van der Waals surface area contributed by atoms with Gasteiger partial charge < -0.3 is 9.47 Å². The van der Waals surface area contributed by atoms with E-state index in [-0.39, 0.29) is 25.2 Å². The Morgan fingerprint density at radius 1 is 0.386 bits per heavy atom. The fraction of sp³-hybridized carbons (Fsp3) is 0.750. The molecule has 254 valence electrons. The molecule has 0 saturated heterocycles. The van der Waals surface area contributed by atoms with Gasteiger partial charge in [-0.05, 0) is 51.4 Å². The third kappa shape index (κ3) is 36.1. The van der Waals surface area contributed by atoms with E-state index in [0.717, 1.165) is 44.9 Å². The number of hydrogen-bond donors (Lipinski definition) is 0. The van der Waals surface area contributed by atoms with E-state index in [4.69, 9.17) is 9.47 Å². The maximum Gasteiger partial charge on any atom is 0.305 e. The Morgan fingerprint density at radius 2 is 0.705 bits per heavy atom. The minimum atomic E-state index is -0.223. The monoisotopic (exact) mass is 615 g/mol. The Hall–Kier alpha value is -2.10. The van der Waals surface area contributed by atoms with Crippen LogP contribution in [-0.4, -0.2) is 25.2 Å². The number of carbonyl (C=O) groups is 2. The van der Waals surface area contributed by atoms with Gasteiger partial charge >= 0.3 is 11.9 Å². The van der Waals surface area contributed by atoms with Crippen molar-refractivity contribution in [3.05, 3.63) is 48.6 Å². The summed E-state index contributed by atoms with van der Waals surface area (Å²) in [4.78, 5) is 23.8. The van der Waals surface area contributed by atoms with Crippen molar-refractivity contribution in [3.63, 3.8) is 0 Å². The predicted octanol–water partition coefficient (Wildman–Crippen LogP) is 12.5. The molecule has 0 aliphatic carbocycles. The van der Waals surface area contributed by atoms with Crippen LogP contribution in [0.2, 0.25) is 0 Å². The van der Waals surface area contributed by atoms with Crippen LogP contribution in [0.5, 0.6) is 0 Å². The Labute approximate surface area is 273 Å². The highest BCUT2D eigenvalue weighted by atomic mass is 16.6. The zero-order valence-corrected chi connectivity index (χ0v) is 29.1. The summed E-state index contributed by atoms with van der Waals surface area (Å²) >= 11 is 0. The van der Waals surface area contributed by atoms with E-state index in [1.54, 1.807) is 0 Å². The second-order valence-corrected chi connectivity index (χ2v) is 12.1. The van der Waals surface area contributed by atoms with E-state index >= 15 is 0 Å². The number of esters is 2. The number of carbonyl (C=O) groups excluding carboxylic acids is 2. The number of unbranched alkanes of at least 4 members (excludes halogenated alkanes) is 18. The molecule has 0 atom stereocenters. The molecule has 0 aromatic rings. The number of allylic oxidation sites excluding steroid dienone is 8. The van der Waals surface area contributed by atoms with Gasteiger partial charge in [-0.3, -0.25) is 9.59 Å². The van der Waals surface area contributed by atoms with Crippen molar-refractivity contribution < 1.29 is 19.1 Å². The molecule has 0 radical (unpaired) electrons. The first kappa shape index (κ1) is 41.9. The molecular formula is C40H70O4. The van der Waals surface area contributed by atoms with Crippen molar-refractivity contribution >= 4 is 11.9 Å². The molecule has 0 bridgehead atoms. The topological polar surface area (TPSA) is 52.6 Å². The van der Waals surface area contributed by atoms with E-state index in [2.05, 4.69) is 62.5 Å². The Kier molecular flexibility index (Phi) is 35.3. The van der Waals surface area contributed by atoms with E-state index in [0.29, 0.717) is 12.8 Å². The highest BCUT2D eigenvalue weighted by molar-refractivity contribution is 5.70. The average molecular weight is 615 g/mol. The second kappa shape index (κ2) is 37.1. The molecule has 0 spiro atoms. The van der Waals surface area contributed by atoms with Gasteiger partial charge in [-0.1, -0.05) is 165 Å². The highest BCUT2D eigenvalue weighted by Crippen LogP contribution is 2.14. The summed E-state index contributed by atoms with van der Waals surface area (Å²) in [5, 5.41) is 0. The lowest BCUT2D eigenvalue weighted by atomic mass is 10.0. The minimum absolute atomic E-state index is 0.147. The van der Waals surface area contributed by atoms with Gasteiger partial charge in [0, 0.05) is 12.8 Å². The summed E-state index contributed by atoms with van der Waals surface area (Å²) in [6.07, 6.45) is 47.8. The van der Waals surface area contributed by atoms with Gasteiger partial charge in [0.05, 0.1) is 0 Å². The maximum atomic E-state index is 11.9. The fourth-order valence-electron chi connectivity index (χ4n) is 5.02. The van der Waals surface area contributed by atoms with Crippen LogP contribution in [0.15, 0.2) is 48.6 Å². The van der Waals surface area contributed by atoms with Gasteiger partial charge in [0.2, 0.25) is 0 Å². The van der Waals surface area contributed by atoms with Crippen molar-refractivity contribution in [2.24, 2.45) is 0 Å². The van der Waals surface area contributed by atoms with Crippen molar-refractivity contribution in [1.29, 1.82) is 0 Å². The molecule has 44 heavy (non-hydrogen) atoms. The molecule has 4 heteroatoms. The van der Waals surface area contributed by atoms with E-state index in [1.807, 2.05) is 0 Å². The zero-order valence-electron chi connectivity index (χ0n) is 29.1. The van der Waals surface area contributed by atoms with E-state index < -0.39 is 0 Å². The number of ether oxygens (including phenoxy) is 2. The van der Waals surface area contributed by atoms with Crippen LogP contribution < -0.4 is 0 Å². The SMILES string of the molecule is CCCCC/C=C/C/C=C\C/C=C/C/C=C/CCCC(=O)OCCOC(=O)CCCCCCCCCCCCCCCCC. The molecule has 0 rings (SSSR count). The summed E-state index contributed by atoms with van der Waals surface area (Å²) < 4.78 is 10.4. The molecule has 0 N–H and O–H groups in total. The fourth-order valence-corrected chi connectivity index (χ4v) is 5.02. The Balaban J connectivity index is 3.42. The molecule has 0 aliphatic rings. The van der Waals surface area contributed by atoms with E-state index in [9.17, 15) is 9.59 Å². The highest BCUT2D eigenvalue weighted by Gasteiger charge is 2.05.